The topological polar surface area (TPSA) is 30.5 Å². The smallest absolute Gasteiger partial charge is 0.0617 e. The molecule has 16 heavy (non-hydrogen) atoms. The number of nitrogens with one attached hydrogen (secondary N) is 1. The maximum Gasteiger partial charge on any atom is 0.0617 e. The van der Waals surface area contributed by atoms with Crippen LogP contribution >= 0.6 is 0 Å². The molecule has 0 bridgehead atoms. The van der Waals surface area contributed by atoms with E-state index in [1.54, 1.807) is 0 Å². The lowest BCUT2D eigenvalue weighted by Gasteiger charge is -2.24. The van der Waals surface area contributed by atoms with Crippen LogP contribution in [0.1, 0.15) is 34.1 Å². The zero-order chi connectivity index (χ0) is 12.0. The molecule has 3 heteroatoms. The van der Waals surface area contributed by atoms with Crippen molar-refractivity contribution in [2.75, 3.05) is 26.4 Å². The van der Waals surface area contributed by atoms with E-state index in [9.17, 15) is 0 Å². The maximum atomic E-state index is 5.63. The first-order valence-electron chi connectivity index (χ1n) is 6.51. The van der Waals surface area contributed by atoms with Crippen molar-refractivity contribution < 1.29 is 9.47 Å². The lowest BCUT2D eigenvalue weighted by atomic mass is 10.0. The summed E-state index contributed by atoms with van der Waals surface area (Å²) in [4.78, 5) is 0. The second-order valence-electron chi connectivity index (χ2n) is 5.41. The molecule has 1 fully saturated rings. The third-order valence-corrected chi connectivity index (χ3v) is 3.04. The van der Waals surface area contributed by atoms with Crippen LogP contribution in [0.4, 0.5) is 0 Å². The SMILES string of the molecule is CC(C)COCC(C)NC(C)C1CCOC1. The summed E-state index contributed by atoms with van der Waals surface area (Å²) in [5.74, 6) is 1.29. The minimum absolute atomic E-state index is 0.425. The van der Waals surface area contributed by atoms with E-state index in [1.165, 1.54) is 6.42 Å². The quantitative estimate of drug-likeness (QED) is 0.725. The molecule has 1 rings (SSSR count). The highest BCUT2D eigenvalue weighted by molar-refractivity contribution is 4.77. The van der Waals surface area contributed by atoms with Gasteiger partial charge in [0.1, 0.15) is 0 Å². The molecule has 1 saturated heterocycles. The van der Waals surface area contributed by atoms with E-state index in [4.69, 9.17) is 9.47 Å². The van der Waals surface area contributed by atoms with Gasteiger partial charge in [0.25, 0.3) is 0 Å². The Hall–Kier alpha value is -0.120. The van der Waals surface area contributed by atoms with Gasteiger partial charge in [0.15, 0.2) is 0 Å². The molecule has 0 aromatic rings. The molecule has 1 N–H and O–H groups in total. The van der Waals surface area contributed by atoms with E-state index >= 15 is 0 Å². The van der Waals surface area contributed by atoms with Crippen LogP contribution in [0, 0.1) is 11.8 Å². The van der Waals surface area contributed by atoms with Crippen LogP contribution < -0.4 is 5.32 Å². The van der Waals surface area contributed by atoms with Crippen LogP contribution in [0.2, 0.25) is 0 Å². The summed E-state index contributed by atoms with van der Waals surface area (Å²) in [5, 5.41) is 3.59. The molecule has 0 aliphatic carbocycles. The molecular formula is C13H27NO2. The van der Waals surface area contributed by atoms with Crippen LogP contribution in [-0.4, -0.2) is 38.5 Å². The molecule has 0 amide bonds. The van der Waals surface area contributed by atoms with E-state index in [0.29, 0.717) is 23.9 Å². The van der Waals surface area contributed by atoms with Gasteiger partial charge in [0, 0.05) is 25.3 Å². The molecule has 0 spiro atoms. The minimum Gasteiger partial charge on any atom is -0.381 e. The van der Waals surface area contributed by atoms with E-state index in [0.717, 1.165) is 26.4 Å². The Morgan fingerprint density at radius 2 is 2.00 bits per heavy atom. The highest BCUT2D eigenvalue weighted by Crippen LogP contribution is 2.16. The monoisotopic (exact) mass is 229 g/mol. The first kappa shape index (κ1) is 13.9. The van der Waals surface area contributed by atoms with Gasteiger partial charge in [-0.05, 0) is 32.1 Å². The molecule has 3 atom stereocenters. The average Bonchev–Trinajstić information content (AvgIpc) is 2.69. The summed E-state index contributed by atoms with van der Waals surface area (Å²) in [6, 6.07) is 0.953. The van der Waals surface area contributed by atoms with Gasteiger partial charge in [0.2, 0.25) is 0 Å². The normalized spacial score (nSPS) is 24.9. The van der Waals surface area contributed by atoms with Crippen LogP contribution in [0.3, 0.4) is 0 Å². The molecule has 96 valence electrons. The summed E-state index contributed by atoms with van der Waals surface area (Å²) >= 11 is 0. The Labute approximate surface area is 99.9 Å². The first-order chi connectivity index (χ1) is 7.59. The van der Waals surface area contributed by atoms with Gasteiger partial charge in [-0.15, -0.1) is 0 Å². The second kappa shape index (κ2) is 7.25. The highest BCUT2D eigenvalue weighted by atomic mass is 16.5. The van der Waals surface area contributed by atoms with E-state index in [2.05, 4.69) is 33.0 Å². The van der Waals surface area contributed by atoms with Crippen molar-refractivity contribution in [3.8, 4) is 0 Å². The van der Waals surface area contributed by atoms with E-state index < -0.39 is 0 Å². The summed E-state index contributed by atoms with van der Waals surface area (Å²) in [7, 11) is 0. The predicted octanol–water partition coefficient (Wildman–Crippen LogP) is 2.06. The fourth-order valence-electron chi connectivity index (χ4n) is 2.06. The molecule has 0 saturated carbocycles. The minimum atomic E-state index is 0.425. The highest BCUT2D eigenvalue weighted by Gasteiger charge is 2.23. The molecule has 1 aliphatic heterocycles. The molecule has 1 heterocycles. The Balaban J connectivity index is 2.10. The van der Waals surface area contributed by atoms with Gasteiger partial charge in [-0.3, -0.25) is 0 Å². The van der Waals surface area contributed by atoms with Crippen LogP contribution in [0.5, 0.6) is 0 Å². The number of hydrogen-bond acceptors (Lipinski definition) is 3. The largest absolute Gasteiger partial charge is 0.381 e. The van der Waals surface area contributed by atoms with Gasteiger partial charge in [-0.25, -0.2) is 0 Å². The lowest BCUT2D eigenvalue weighted by Crippen LogP contribution is -2.42. The molecule has 0 aromatic carbocycles. The first-order valence-corrected chi connectivity index (χ1v) is 6.51. The van der Waals surface area contributed by atoms with Gasteiger partial charge in [0.05, 0.1) is 13.2 Å². The third-order valence-electron chi connectivity index (χ3n) is 3.04. The number of rotatable bonds is 7. The van der Waals surface area contributed by atoms with E-state index in [1.807, 2.05) is 0 Å². The van der Waals surface area contributed by atoms with Gasteiger partial charge in [-0.2, -0.15) is 0 Å². The third kappa shape index (κ3) is 5.28. The standard InChI is InChI=1S/C13H27NO2/c1-10(2)7-16-8-11(3)14-12(4)13-5-6-15-9-13/h10-14H,5-9H2,1-4H3. The maximum absolute atomic E-state index is 5.63. The summed E-state index contributed by atoms with van der Waals surface area (Å²) in [5.41, 5.74) is 0. The van der Waals surface area contributed by atoms with Crippen molar-refractivity contribution in [2.24, 2.45) is 11.8 Å². The van der Waals surface area contributed by atoms with Crippen LogP contribution in [0.15, 0.2) is 0 Å². The molecule has 3 unspecified atom stereocenters. The predicted molar refractivity (Wildman–Crippen MR) is 66.6 cm³/mol. The van der Waals surface area contributed by atoms with Crippen LogP contribution in [-0.2, 0) is 9.47 Å². The zero-order valence-electron chi connectivity index (χ0n) is 11.2. The lowest BCUT2D eigenvalue weighted by molar-refractivity contribution is 0.0883. The van der Waals surface area contributed by atoms with Crippen molar-refractivity contribution >= 4 is 0 Å². The summed E-state index contributed by atoms with van der Waals surface area (Å²) in [6.45, 7) is 12.3. The number of hydrogen-bond donors (Lipinski definition) is 1. The van der Waals surface area contributed by atoms with Crippen molar-refractivity contribution in [2.45, 2.75) is 46.2 Å². The Morgan fingerprint density at radius 3 is 2.56 bits per heavy atom. The van der Waals surface area contributed by atoms with Gasteiger partial charge >= 0.3 is 0 Å². The van der Waals surface area contributed by atoms with Crippen molar-refractivity contribution in [3.05, 3.63) is 0 Å². The van der Waals surface area contributed by atoms with Gasteiger partial charge in [-0.1, -0.05) is 13.8 Å². The Bertz CT molecular complexity index is 179. The fourth-order valence-corrected chi connectivity index (χ4v) is 2.06. The molecular weight excluding hydrogens is 202 g/mol. The van der Waals surface area contributed by atoms with E-state index in [-0.39, 0.29) is 0 Å². The molecule has 3 nitrogen and oxygen atoms in total. The number of ether oxygens (including phenoxy) is 2. The van der Waals surface area contributed by atoms with Crippen molar-refractivity contribution in [1.29, 1.82) is 0 Å². The summed E-state index contributed by atoms with van der Waals surface area (Å²) in [6.07, 6.45) is 1.19. The van der Waals surface area contributed by atoms with Gasteiger partial charge < -0.3 is 14.8 Å². The zero-order valence-corrected chi connectivity index (χ0v) is 11.2. The van der Waals surface area contributed by atoms with Crippen molar-refractivity contribution in [3.63, 3.8) is 0 Å². The molecule has 0 aromatic heterocycles. The Kier molecular flexibility index (Phi) is 6.32. The summed E-state index contributed by atoms with van der Waals surface area (Å²) < 4.78 is 11.0. The van der Waals surface area contributed by atoms with Crippen LogP contribution in [0.25, 0.3) is 0 Å². The molecule has 0 radical (unpaired) electrons. The molecule has 1 aliphatic rings. The van der Waals surface area contributed by atoms with Crippen molar-refractivity contribution in [1.82, 2.24) is 5.32 Å². The average molecular weight is 229 g/mol. The second-order valence-corrected chi connectivity index (χ2v) is 5.41. The fraction of sp³-hybridized carbons (Fsp3) is 1.00. The Morgan fingerprint density at radius 1 is 1.25 bits per heavy atom.